The number of aliphatic hydroxyl groups is 1. The van der Waals surface area contributed by atoms with E-state index in [1.54, 1.807) is 25.1 Å². The van der Waals surface area contributed by atoms with Crippen LogP contribution in [-0.2, 0) is 16.0 Å². The van der Waals surface area contributed by atoms with Crippen LogP contribution in [0.25, 0.3) is 11.3 Å². The number of methoxy groups -OCH3 is 2. The number of nitrogens with one attached hydrogen (secondary N) is 2. The second-order valence-corrected chi connectivity index (χ2v) is 6.28. The van der Waals surface area contributed by atoms with E-state index in [4.69, 9.17) is 13.9 Å². The highest BCUT2D eigenvalue weighted by atomic mass is 16.5. The third-order valence-corrected chi connectivity index (χ3v) is 3.94. The molecule has 1 aromatic carbocycles. The molecule has 1 heterocycles. The number of aliphatic hydroxyl groups excluding tert-OH is 1. The van der Waals surface area contributed by atoms with Gasteiger partial charge in [0.05, 0.1) is 38.0 Å². The van der Waals surface area contributed by atoms with E-state index in [0.29, 0.717) is 36.7 Å². The molecule has 0 spiro atoms. The van der Waals surface area contributed by atoms with Crippen LogP contribution in [0.2, 0.25) is 0 Å². The van der Waals surface area contributed by atoms with Gasteiger partial charge < -0.3 is 29.6 Å². The van der Waals surface area contributed by atoms with Crippen LogP contribution in [-0.4, -0.2) is 57.0 Å². The molecule has 1 aromatic heterocycles. The van der Waals surface area contributed by atoms with E-state index in [1.807, 2.05) is 6.07 Å². The highest BCUT2D eigenvalue weighted by Crippen LogP contribution is 2.25. The van der Waals surface area contributed by atoms with Gasteiger partial charge in [-0.25, -0.2) is 9.59 Å². The third-order valence-electron chi connectivity index (χ3n) is 3.94. The zero-order valence-electron chi connectivity index (χ0n) is 16.3. The van der Waals surface area contributed by atoms with Gasteiger partial charge in [0.15, 0.2) is 0 Å². The molecule has 2 rings (SSSR count). The van der Waals surface area contributed by atoms with Crippen LogP contribution < -0.4 is 10.6 Å². The lowest BCUT2D eigenvalue weighted by molar-refractivity contribution is 0.0599. The first-order valence-electron chi connectivity index (χ1n) is 8.95. The van der Waals surface area contributed by atoms with E-state index >= 15 is 0 Å². The number of benzene rings is 1. The molecule has 0 amide bonds. The van der Waals surface area contributed by atoms with Gasteiger partial charge in [-0.1, -0.05) is 0 Å². The summed E-state index contributed by atoms with van der Waals surface area (Å²) in [6.45, 7) is 4.24. The fourth-order valence-electron chi connectivity index (χ4n) is 2.57. The van der Waals surface area contributed by atoms with Crippen molar-refractivity contribution >= 4 is 11.9 Å². The van der Waals surface area contributed by atoms with Crippen molar-refractivity contribution in [1.82, 2.24) is 10.6 Å². The molecule has 8 heteroatoms. The summed E-state index contributed by atoms with van der Waals surface area (Å²) in [6.07, 6.45) is -0.372. The predicted octanol–water partition coefficient (Wildman–Crippen LogP) is 1.58. The zero-order valence-corrected chi connectivity index (χ0v) is 16.3. The SMILES string of the molecule is COC(=O)c1cc(C(=O)OC)cc(-c2ccc(CNCCNCC(C)O)o2)c1. The Bertz CT molecular complexity index is 765. The second kappa shape index (κ2) is 10.6. The molecule has 0 aliphatic carbocycles. The molecule has 28 heavy (non-hydrogen) atoms. The summed E-state index contributed by atoms with van der Waals surface area (Å²) in [7, 11) is 2.55. The van der Waals surface area contributed by atoms with E-state index in [1.165, 1.54) is 20.3 Å². The quantitative estimate of drug-likeness (QED) is 0.414. The molecular weight excluding hydrogens is 364 g/mol. The molecule has 0 bridgehead atoms. The number of ether oxygens (including phenoxy) is 2. The molecular formula is C20H26N2O6. The summed E-state index contributed by atoms with van der Waals surface area (Å²) in [4.78, 5) is 23.8. The van der Waals surface area contributed by atoms with Crippen LogP contribution in [0.1, 0.15) is 33.4 Å². The second-order valence-electron chi connectivity index (χ2n) is 6.28. The van der Waals surface area contributed by atoms with Gasteiger partial charge in [0.1, 0.15) is 11.5 Å². The van der Waals surface area contributed by atoms with Gasteiger partial charge in [-0.2, -0.15) is 0 Å². The monoisotopic (exact) mass is 390 g/mol. The van der Waals surface area contributed by atoms with Crippen LogP contribution >= 0.6 is 0 Å². The predicted molar refractivity (Wildman–Crippen MR) is 103 cm³/mol. The molecule has 8 nitrogen and oxygen atoms in total. The largest absolute Gasteiger partial charge is 0.465 e. The average Bonchev–Trinajstić information content (AvgIpc) is 3.17. The van der Waals surface area contributed by atoms with Crippen LogP contribution in [0.3, 0.4) is 0 Å². The molecule has 0 fully saturated rings. The van der Waals surface area contributed by atoms with Gasteiger partial charge in [0.25, 0.3) is 0 Å². The van der Waals surface area contributed by atoms with Gasteiger partial charge in [-0.3, -0.25) is 0 Å². The molecule has 3 N–H and O–H groups in total. The minimum absolute atomic E-state index is 0.237. The Morgan fingerprint density at radius 3 is 2.21 bits per heavy atom. The molecule has 2 aromatic rings. The minimum atomic E-state index is -0.551. The number of furan rings is 1. The highest BCUT2D eigenvalue weighted by Gasteiger charge is 2.16. The van der Waals surface area contributed by atoms with Crippen molar-refractivity contribution in [2.75, 3.05) is 33.9 Å². The summed E-state index contributed by atoms with van der Waals surface area (Å²) in [6, 6.07) is 8.24. The summed E-state index contributed by atoms with van der Waals surface area (Å²) in [5.74, 6) is 0.142. The number of hydrogen-bond acceptors (Lipinski definition) is 8. The molecule has 1 unspecified atom stereocenters. The highest BCUT2D eigenvalue weighted by molar-refractivity contribution is 5.97. The van der Waals surface area contributed by atoms with Gasteiger partial charge in [0.2, 0.25) is 0 Å². The van der Waals surface area contributed by atoms with E-state index in [9.17, 15) is 14.7 Å². The van der Waals surface area contributed by atoms with Crippen molar-refractivity contribution in [2.24, 2.45) is 0 Å². The van der Waals surface area contributed by atoms with Gasteiger partial charge >= 0.3 is 11.9 Å². The Hall–Kier alpha value is -2.68. The normalized spacial score (nSPS) is 11.9. The Morgan fingerprint density at radius 2 is 1.64 bits per heavy atom. The first-order chi connectivity index (χ1) is 13.4. The maximum Gasteiger partial charge on any atom is 0.337 e. The standard InChI is InChI=1S/C20H26N2O6/c1-13(23)11-21-6-7-22-12-17-4-5-18(28-17)14-8-15(19(24)26-2)10-16(9-14)20(25)27-3/h4-5,8-10,13,21-23H,6-7,11-12H2,1-3H3. The van der Waals surface area contributed by atoms with Crippen LogP contribution in [0.5, 0.6) is 0 Å². The summed E-state index contributed by atoms with van der Waals surface area (Å²) in [5.41, 5.74) is 1.05. The third kappa shape index (κ3) is 6.19. The van der Waals surface area contributed by atoms with E-state index in [-0.39, 0.29) is 17.2 Å². The number of rotatable bonds is 10. The van der Waals surface area contributed by atoms with Crippen LogP contribution in [0.4, 0.5) is 0 Å². The Kier molecular flexibility index (Phi) is 8.19. The van der Waals surface area contributed by atoms with Crippen LogP contribution in [0, 0.1) is 0 Å². The number of esters is 2. The van der Waals surface area contributed by atoms with Gasteiger partial charge in [-0.05, 0) is 37.3 Å². The van der Waals surface area contributed by atoms with Gasteiger partial charge in [0, 0.05) is 25.2 Å². The maximum atomic E-state index is 11.9. The van der Waals surface area contributed by atoms with Crippen molar-refractivity contribution in [2.45, 2.75) is 19.6 Å². The maximum absolute atomic E-state index is 11.9. The Labute approximate surface area is 163 Å². The van der Waals surface area contributed by atoms with Crippen molar-refractivity contribution in [1.29, 1.82) is 0 Å². The van der Waals surface area contributed by atoms with Gasteiger partial charge in [-0.15, -0.1) is 0 Å². The Balaban J connectivity index is 2.06. The molecule has 0 aliphatic heterocycles. The summed E-state index contributed by atoms with van der Waals surface area (Å²) in [5, 5.41) is 15.5. The number of carbonyl (C=O) groups is 2. The molecule has 0 saturated heterocycles. The number of carbonyl (C=O) groups excluding carboxylic acids is 2. The lowest BCUT2D eigenvalue weighted by atomic mass is 10.0. The fraction of sp³-hybridized carbons (Fsp3) is 0.400. The molecule has 0 aliphatic rings. The summed E-state index contributed by atoms with van der Waals surface area (Å²) < 4.78 is 15.3. The Morgan fingerprint density at radius 1 is 1.04 bits per heavy atom. The summed E-state index contributed by atoms with van der Waals surface area (Å²) >= 11 is 0. The van der Waals surface area contributed by atoms with Crippen molar-refractivity contribution in [3.05, 3.63) is 47.2 Å². The fourth-order valence-corrected chi connectivity index (χ4v) is 2.57. The minimum Gasteiger partial charge on any atom is -0.465 e. The lowest BCUT2D eigenvalue weighted by Crippen LogP contribution is -2.31. The van der Waals surface area contributed by atoms with E-state index < -0.39 is 11.9 Å². The average molecular weight is 390 g/mol. The molecule has 0 saturated carbocycles. The topological polar surface area (TPSA) is 110 Å². The number of hydrogen-bond donors (Lipinski definition) is 3. The molecule has 152 valence electrons. The smallest absolute Gasteiger partial charge is 0.337 e. The first-order valence-corrected chi connectivity index (χ1v) is 8.95. The van der Waals surface area contributed by atoms with Crippen molar-refractivity contribution in [3.63, 3.8) is 0 Å². The van der Waals surface area contributed by atoms with Crippen LogP contribution in [0.15, 0.2) is 34.7 Å². The molecule has 0 radical (unpaired) electrons. The van der Waals surface area contributed by atoms with E-state index in [0.717, 1.165) is 6.54 Å². The zero-order chi connectivity index (χ0) is 20.5. The van der Waals surface area contributed by atoms with E-state index in [2.05, 4.69) is 10.6 Å². The first kappa shape index (κ1) is 21.6. The lowest BCUT2D eigenvalue weighted by Gasteiger charge is -2.07. The molecule has 1 atom stereocenters. The van der Waals surface area contributed by atoms with Crippen molar-refractivity contribution < 1.29 is 28.6 Å². The van der Waals surface area contributed by atoms with Crippen molar-refractivity contribution in [3.8, 4) is 11.3 Å².